The second-order valence-electron chi connectivity index (χ2n) is 6.54. The van der Waals surface area contributed by atoms with Gasteiger partial charge < -0.3 is 19.5 Å². The number of hydrogen-bond acceptors (Lipinski definition) is 7. The van der Waals surface area contributed by atoms with Crippen molar-refractivity contribution in [1.82, 2.24) is 4.90 Å². The molecule has 3 atom stereocenters. The molecule has 0 radical (unpaired) electrons. The van der Waals surface area contributed by atoms with Gasteiger partial charge in [0.05, 0.1) is 12.0 Å². The van der Waals surface area contributed by atoms with Crippen molar-refractivity contribution < 1.29 is 24.2 Å². The lowest BCUT2D eigenvalue weighted by atomic mass is 9.93. The molecule has 1 saturated heterocycles. The van der Waals surface area contributed by atoms with E-state index in [0.29, 0.717) is 5.75 Å². The number of benzene rings is 2. The molecule has 1 amide bonds. The highest BCUT2D eigenvalue weighted by atomic mass is 32.2. The van der Waals surface area contributed by atoms with Crippen molar-refractivity contribution in [2.45, 2.75) is 18.4 Å². The minimum Gasteiger partial charge on any atom is -0.460 e. The number of thioether (sulfide) groups is 1. The van der Waals surface area contributed by atoms with Crippen LogP contribution in [0, 0.1) is 5.92 Å². The molecule has 1 unspecified atom stereocenters. The number of esters is 1. The minimum atomic E-state index is -0.874. The highest BCUT2D eigenvalue weighted by Gasteiger charge is 2.51. The Morgan fingerprint density at radius 3 is 2.79 bits per heavy atom. The number of fused-ring (bicyclic) bond motifs is 1. The molecule has 0 aromatic heterocycles. The van der Waals surface area contributed by atoms with E-state index in [1.54, 1.807) is 0 Å². The topological polar surface area (TPSA) is 76.1 Å². The summed E-state index contributed by atoms with van der Waals surface area (Å²) in [7, 11) is 0. The molecule has 0 spiro atoms. The second-order valence-corrected chi connectivity index (χ2v) is 8.26. The quantitative estimate of drug-likeness (QED) is 0.312. The molecule has 0 aliphatic carbocycles. The number of aliphatic hydroxyl groups is 1. The number of likely N-dealkylation sites (tertiary alicyclic amines) is 1. The first-order valence-corrected chi connectivity index (χ1v) is 10.3. The van der Waals surface area contributed by atoms with E-state index in [-0.39, 0.29) is 23.4 Å². The first-order valence-electron chi connectivity index (χ1n) is 9.03. The van der Waals surface area contributed by atoms with Crippen LogP contribution in [0.3, 0.4) is 0 Å². The molecular formula is C21H21NO5S2. The Morgan fingerprint density at radius 2 is 2.07 bits per heavy atom. The maximum atomic E-state index is 12.4. The minimum absolute atomic E-state index is 0.0705. The van der Waals surface area contributed by atoms with Gasteiger partial charge in [0.2, 0.25) is 10.3 Å². The summed E-state index contributed by atoms with van der Waals surface area (Å²) in [5, 5.41) is 11.4. The molecule has 3 rings (SSSR count). The molecule has 2 aromatic carbocycles. The fraction of sp³-hybridized carbons (Fsp3) is 0.286. The molecule has 0 bridgehead atoms. The lowest BCUT2D eigenvalue weighted by molar-refractivity contribution is -0.164. The van der Waals surface area contributed by atoms with Crippen LogP contribution in [0.5, 0.6) is 5.75 Å². The molecule has 29 heavy (non-hydrogen) atoms. The maximum absolute atomic E-state index is 12.4. The van der Waals surface area contributed by atoms with Crippen molar-refractivity contribution >= 4 is 51.0 Å². The molecule has 2 aromatic rings. The summed E-state index contributed by atoms with van der Waals surface area (Å²) in [4.78, 5) is 25.6. The molecule has 6 nitrogen and oxygen atoms in total. The van der Waals surface area contributed by atoms with Gasteiger partial charge in [-0.25, -0.2) is 0 Å². The van der Waals surface area contributed by atoms with E-state index in [4.69, 9.17) is 21.7 Å². The number of nitrogens with zero attached hydrogens (tertiary/aromatic N) is 1. The lowest BCUT2D eigenvalue weighted by Crippen LogP contribution is -2.64. The van der Waals surface area contributed by atoms with Crippen LogP contribution in [-0.2, 0) is 14.3 Å². The Bertz CT molecular complexity index is 940. The smallest absolute Gasteiger partial charge is 0.325 e. The number of thiocarbonyl (C=S) groups is 1. The number of rotatable bonds is 7. The van der Waals surface area contributed by atoms with E-state index < -0.39 is 23.4 Å². The van der Waals surface area contributed by atoms with Crippen LogP contribution in [0.2, 0.25) is 0 Å². The van der Waals surface area contributed by atoms with Crippen LogP contribution in [0.1, 0.15) is 6.92 Å². The van der Waals surface area contributed by atoms with Gasteiger partial charge >= 0.3 is 5.97 Å². The third-order valence-electron chi connectivity index (χ3n) is 4.52. The van der Waals surface area contributed by atoms with Crippen LogP contribution in [0.4, 0.5) is 0 Å². The number of aliphatic hydroxyl groups excluding tert-OH is 1. The Balaban J connectivity index is 1.70. The van der Waals surface area contributed by atoms with Crippen molar-refractivity contribution in [3.05, 3.63) is 55.1 Å². The Morgan fingerprint density at radius 1 is 1.34 bits per heavy atom. The van der Waals surface area contributed by atoms with Gasteiger partial charge in [0.15, 0.2) is 0 Å². The molecular weight excluding hydrogens is 410 g/mol. The van der Waals surface area contributed by atoms with Gasteiger partial charge in [-0.3, -0.25) is 9.59 Å². The fourth-order valence-electron chi connectivity index (χ4n) is 3.13. The standard InChI is InChI=1S/C21H21NO5S2/c1-3-11-26-17(24)12-22-19(25)18(13(2)23)20(22)29-21(28)27-16-10-6-8-14-7-4-5-9-15(14)16/h3-10,13,18,20,23H,1,11-12H2,2H3/t13?,18-,20-/m1/s1. The van der Waals surface area contributed by atoms with Gasteiger partial charge in [-0.05, 0) is 30.6 Å². The largest absolute Gasteiger partial charge is 0.460 e. The lowest BCUT2D eigenvalue weighted by Gasteiger charge is -2.46. The second kappa shape index (κ2) is 9.39. The van der Waals surface area contributed by atoms with Crippen LogP contribution >= 0.6 is 24.0 Å². The van der Waals surface area contributed by atoms with Crippen LogP contribution in [0.15, 0.2) is 55.1 Å². The van der Waals surface area contributed by atoms with Gasteiger partial charge in [0.1, 0.15) is 24.3 Å². The summed E-state index contributed by atoms with van der Waals surface area (Å²) >= 11 is 6.51. The zero-order chi connectivity index (χ0) is 21.0. The van der Waals surface area contributed by atoms with Crippen molar-refractivity contribution in [3.8, 4) is 5.75 Å². The molecule has 1 fully saturated rings. The van der Waals surface area contributed by atoms with Crippen molar-refractivity contribution in [3.63, 3.8) is 0 Å². The normalized spacial score (nSPS) is 19.4. The molecule has 1 aliphatic heterocycles. The number of carbonyl (C=O) groups is 2. The van der Waals surface area contributed by atoms with E-state index in [9.17, 15) is 14.7 Å². The third-order valence-corrected chi connectivity index (χ3v) is 5.96. The summed E-state index contributed by atoms with van der Waals surface area (Å²) in [5.74, 6) is -0.923. The highest BCUT2D eigenvalue weighted by molar-refractivity contribution is 8.23. The first kappa shape index (κ1) is 21.3. The molecule has 1 N–H and O–H groups in total. The summed E-state index contributed by atoms with van der Waals surface area (Å²) < 4.78 is 11.0. The Hall–Kier alpha value is -2.42. The monoisotopic (exact) mass is 431 g/mol. The van der Waals surface area contributed by atoms with E-state index in [2.05, 4.69) is 6.58 Å². The van der Waals surface area contributed by atoms with E-state index in [1.807, 2.05) is 42.5 Å². The van der Waals surface area contributed by atoms with Crippen molar-refractivity contribution in [1.29, 1.82) is 0 Å². The van der Waals surface area contributed by atoms with Crippen LogP contribution in [0.25, 0.3) is 10.8 Å². The summed E-state index contributed by atoms with van der Waals surface area (Å²) in [6.07, 6.45) is 0.578. The van der Waals surface area contributed by atoms with Gasteiger partial charge in [-0.2, -0.15) is 0 Å². The van der Waals surface area contributed by atoms with Gasteiger partial charge in [-0.1, -0.05) is 60.8 Å². The van der Waals surface area contributed by atoms with Crippen molar-refractivity contribution in [2.75, 3.05) is 13.2 Å². The number of ether oxygens (including phenoxy) is 2. The van der Waals surface area contributed by atoms with Crippen LogP contribution < -0.4 is 4.74 Å². The first-order chi connectivity index (χ1) is 13.9. The zero-order valence-electron chi connectivity index (χ0n) is 15.8. The zero-order valence-corrected chi connectivity index (χ0v) is 17.4. The summed E-state index contributed by atoms with van der Waals surface area (Å²) in [6, 6.07) is 13.4. The summed E-state index contributed by atoms with van der Waals surface area (Å²) in [5.41, 5.74) is 0. The number of hydrogen-bond donors (Lipinski definition) is 1. The maximum Gasteiger partial charge on any atom is 0.325 e. The highest BCUT2D eigenvalue weighted by Crippen LogP contribution is 2.39. The molecule has 152 valence electrons. The van der Waals surface area contributed by atoms with E-state index >= 15 is 0 Å². The summed E-state index contributed by atoms with van der Waals surface area (Å²) in [6.45, 7) is 4.88. The van der Waals surface area contributed by atoms with E-state index in [1.165, 1.54) is 17.9 Å². The predicted octanol–water partition coefficient (Wildman–Crippen LogP) is 3.13. The third kappa shape index (κ3) is 4.77. The number of carbonyl (C=O) groups excluding carboxylic acids is 2. The number of β-lactam (4-membered cyclic amide) rings is 1. The molecule has 0 saturated carbocycles. The average Bonchev–Trinajstić information content (AvgIpc) is 2.70. The van der Waals surface area contributed by atoms with Crippen molar-refractivity contribution in [2.24, 2.45) is 5.92 Å². The van der Waals surface area contributed by atoms with Gasteiger partial charge in [0.25, 0.3) is 0 Å². The SMILES string of the molecule is C=CCOC(=O)CN1C(=O)[C@@H](C(C)O)[C@H]1SC(=S)Oc1cccc2ccccc12. The molecule has 1 aliphatic rings. The molecule has 8 heteroatoms. The molecule has 1 heterocycles. The van der Waals surface area contributed by atoms with Gasteiger partial charge in [0, 0.05) is 5.39 Å². The Labute approximate surface area is 178 Å². The predicted molar refractivity (Wildman–Crippen MR) is 117 cm³/mol. The Kier molecular flexibility index (Phi) is 6.89. The fourth-order valence-corrected chi connectivity index (χ4v) is 4.65. The van der Waals surface area contributed by atoms with Gasteiger partial charge in [-0.15, -0.1) is 0 Å². The average molecular weight is 432 g/mol. The van der Waals surface area contributed by atoms with Crippen LogP contribution in [-0.4, -0.2) is 50.9 Å². The van der Waals surface area contributed by atoms with E-state index in [0.717, 1.165) is 22.5 Å². The number of amides is 1.